The van der Waals surface area contributed by atoms with E-state index < -0.39 is 0 Å². The Morgan fingerprint density at radius 2 is 2.17 bits per heavy atom. The van der Waals surface area contributed by atoms with Crippen molar-refractivity contribution in [2.75, 3.05) is 13.1 Å². The zero-order valence-corrected chi connectivity index (χ0v) is 13.4. The Morgan fingerprint density at radius 1 is 1.35 bits per heavy atom. The summed E-state index contributed by atoms with van der Waals surface area (Å²) in [6.07, 6.45) is 7.51. The first-order chi connectivity index (χ1) is 11.2. The molecule has 5 heteroatoms. The van der Waals surface area contributed by atoms with Crippen molar-refractivity contribution < 1.29 is 4.79 Å². The van der Waals surface area contributed by atoms with E-state index in [1.165, 1.54) is 12.0 Å². The van der Waals surface area contributed by atoms with Gasteiger partial charge in [-0.3, -0.25) is 4.79 Å². The summed E-state index contributed by atoms with van der Waals surface area (Å²) in [5, 5.41) is 8.20. The SMILES string of the molecule is CC1CCCN(C(=O)/C=C/c2cn(Cc3ccccc3)nn2)C1. The molecule has 1 aromatic carbocycles. The number of hydrogen-bond donors (Lipinski definition) is 0. The van der Waals surface area contributed by atoms with Crippen LogP contribution in [-0.4, -0.2) is 38.9 Å². The minimum atomic E-state index is 0.0640. The average molecular weight is 310 g/mol. The van der Waals surface area contributed by atoms with Crippen LogP contribution in [0.1, 0.15) is 31.0 Å². The fraction of sp³-hybridized carbons (Fsp3) is 0.389. The van der Waals surface area contributed by atoms with E-state index in [9.17, 15) is 4.79 Å². The van der Waals surface area contributed by atoms with Crippen LogP contribution in [0.15, 0.2) is 42.6 Å². The van der Waals surface area contributed by atoms with Crippen molar-refractivity contribution in [2.24, 2.45) is 5.92 Å². The molecule has 120 valence electrons. The van der Waals surface area contributed by atoms with Gasteiger partial charge in [-0.2, -0.15) is 0 Å². The number of carbonyl (C=O) groups is 1. The maximum absolute atomic E-state index is 12.2. The molecule has 1 unspecified atom stereocenters. The third-order valence-corrected chi connectivity index (χ3v) is 4.11. The van der Waals surface area contributed by atoms with Gasteiger partial charge in [-0.25, -0.2) is 4.68 Å². The van der Waals surface area contributed by atoms with Crippen molar-refractivity contribution >= 4 is 12.0 Å². The smallest absolute Gasteiger partial charge is 0.246 e. The zero-order valence-electron chi connectivity index (χ0n) is 13.4. The molecular weight excluding hydrogens is 288 g/mol. The molecule has 1 amide bonds. The first-order valence-electron chi connectivity index (χ1n) is 8.12. The molecule has 0 bridgehead atoms. The highest BCUT2D eigenvalue weighted by molar-refractivity contribution is 5.91. The summed E-state index contributed by atoms with van der Waals surface area (Å²) >= 11 is 0. The van der Waals surface area contributed by atoms with E-state index in [1.54, 1.807) is 16.8 Å². The Bertz CT molecular complexity index is 677. The van der Waals surface area contributed by atoms with Gasteiger partial charge in [-0.1, -0.05) is 42.5 Å². The lowest BCUT2D eigenvalue weighted by Gasteiger charge is -2.29. The number of aromatic nitrogens is 3. The third-order valence-electron chi connectivity index (χ3n) is 4.11. The van der Waals surface area contributed by atoms with E-state index in [0.29, 0.717) is 18.2 Å². The van der Waals surface area contributed by atoms with Crippen LogP contribution >= 0.6 is 0 Å². The van der Waals surface area contributed by atoms with Gasteiger partial charge in [0.2, 0.25) is 5.91 Å². The molecule has 0 radical (unpaired) electrons. The van der Waals surface area contributed by atoms with Crippen LogP contribution in [0, 0.1) is 5.92 Å². The number of nitrogens with zero attached hydrogens (tertiary/aromatic N) is 4. The summed E-state index contributed by atoms with van der Waals surface area (Å²) in [7, 11) is 0. The van der Waals surface area contributed by atoms with Gasteiger partial charge in [0, 0.05) is 19.2 Å². The molecule has 1 atom stereocenters. The van der Waals surface area contributed by atoms with Gasteiger partial charge < -0.3 is 4.90 Å². The first-order valence-corrected chi connectivity index (χ1v) is 8.12. The van der Waals surface area contributed by atoms with E-state index in [0.717, 1.165) is 19.5 Å². The number of piperidine rings is 1. The molecule has 0 spiro atoms. The summed E-state index contributed by atoms with van der Waals surface area (Å²) in [4.78, 5) is 14.1. The largest absolute Gasteiger partial charge is 0.339 e. The predicted octanol–water partition coefficient (Wildman–Crippen LogP) is 2.60. The Balaban J connectivity index is 1.59. The molecule has 1 aromatic heterocycles. The molecule has 23 heavy (non-hydrogen) atoms. The van der Waals surface area contributed by atoms with Crippen LogP contribution < -0.4 is 0 Å². The standard InChI is InChI=1S/C18H22N4O/c1-15-6-5-11-21(12-15)18(23)10-9-17-14-22(20-19-17)13-16-7-3-2-4-8-16/h2-4,7-10,14-15H,5-6,11-13H2,1H3/b10-9+. The van der Waals surface area contributed by atoms with E-state index in [-0.39, 0.29) is 5.91 Å². The Morgan fingerprint density at radius 3 is 2.96 bits per heavy atom. The molecule has 1 aliphatic heterocycles. The summed E-state index contributed by atoms with van der Waals surface area (Å²) in [6.45, 7) is 4.58. The number of amides is 1. The predicted molar refractivity (Wildman–Crippen MR) is 89.6 cm³/mol. The summed E-state index contributed by atoms with van der Waals surface area (Å²) in [6, 6.07) is 10.1. The second-order valence-corrected chi connectivity index (χ2v) is 6.19. The first kappa shape index (κ1) is 15.5. The van der Waals surface area contributed by atoms with Gasteiger partial charge in [0.25, 0.3) is 0 Å². The summed E-state index contributed by atoms with van der Waals surface area (Å²) in [5.74, 6) is 0.655. The minimum Gasteiger partial charge on any atom is -0.339 e. The van der Waals surface area contributed by atoms with Gasteiger partial charge in [0.1, 0.15) is 5.69 Å². The van der Waals surface area contributed by atoms with Crippen molar-refractivity contribution in [1.29, 1.82) is 0 Å². The van der Waals surface area contributed by atoms with E-state index in [2.05, 4.69) is 29.4 Å². The normalized spacial score (nSPS) is 18.5. The number of hydrogen-bond acceptors (Lipinski definition) is 3. The molecule has 3 rings (SSSR count). The maximum atomic E-state index is 12.2. The van der Waals surface area contributed by atoms with Gasteiger partial charge in [-0.05, 0) is 30.4 Å². The summed E-state index contributed by atoms with van der Waals surface area (Å²) in [5.41, 5.74) is 1.88. The van der Waals surface area contributed by atoms with E-state index >= 15 is 0 Å². The lowest BCUT2D eigenvalue weighted by Crippen LogP contribution is -2.38. The van der Waals surface area contributed by atoms with Gasteiger partial charge in [-0.15, -0.1) is 5.10 Å². The van der Waals surface area contributed by atoms with Crippen LogP contribution in [-0.2, 0) is 11.3 Å². The third kappa shape index (κ3) is 4.28. The Kier molecular flexibility index (Phi) is 4.86. The van der Waals surface area contributed by atoms with Crippen molar-refractivity contribution in [1.82, 2.24) is 19.9 Å². The highest BCUT2D eigenvalue weighted by Crippen LogP contribution is 2.15. The number of rotatable bonds is 4. The van der Waals surface area contributed by atoms with Crippen LogP contribution in [0.2, 0.25) is 0 Å². The fourth-order valence-electron chi connectivity index (χ4n) is 2.89. The monoisotopic (exact) mass is 310 g/mol. The van der Waals surface area contributed by atoms with E-state index in [4.69, 9.17) is 0 Å². The molecule has 2 aromatic rings. The fourth-order valence-corrected chi connectivity index (χ4v) is 2.89. The number of likely N-dealkylation sites (tertiary alicyclic amines) is 1. The zero-order chi connectivity index (χ0) is 16.1. The average Bonchev–Trinajstić information content (AvgIpc) is 3.01. The summed E-state index contributed by atoms with van der Waals surface area (Å²) < 4.78 is 1.78. The van der Waals surface area contributed by atoms with Crippen molar-refractivity contribution in [3.8, 4) is 0 Å². The maximum Gasteiger partial charge on any atom is 0.246 e. The van der Waals surface area contributed by atoms with Crippen LogP contribution in [0.4, 0.5) is 0 Å². The second-order valence-electron chi connectivity index (χ2n) is 6.19. The van der Waals surface area contributed by atoms with Crippen molar-refractivity contribution in [3.05, 3.63) is 53.9 Å². The van der Waals surface area contributed by atoms with Crippen molar-refractivity contribution in [3.63, 3.8) is 0 Å². The minimum absolute atomic E-state index is 0.0640. The van der Waals surface area contributed by atoms with Crippen molar-refractivity contribution in [2.45, 2.75) is 26.3 Å². The van der Waals surface area contributed by atoms with Crippen LogP contribution in [0.3, 0.4) is 0 Å². The number of benzene rings is 1. The molecular formula is C18H22N4O. The Hall–Kier alpha value is -2.43. The van der Waals surface area contributed by atoms with Crippen LogP contribution in [0.5, 0.6) is 0 Å². The molecule has 2 heterocycles. The van der Waals surface area contributed by atoms with Crippen LogP contribution in [0.25, 0.3) is 6.08 Å². The van der Waals surface area contributed by atoms with Gasteiger partial charge in [0.05, 0.1) is 12.7 Å². The second kappa shape index (κ2) is 7.22. The molecule has 1 fully saturated rings. The van der Waals surface area contributed by atoms with Gasteiger partial charge >= 0.3 is 0 Å². The molecule has 1 saturated heterocycles. The molecule has 1 aliphatic rings. The highest BCUT2D eigenvalue weighted by atomic mass is 16.2. The molecule has 0 saturated carbocycles. The lowest BCUT2D eigenvalue weighted by molar-refractivity contribution is -0.127. The van der Waals surface area contributed by atoms with Gasteiger partial charge in [0.15, 0.2) is 0 Å². The molecule has 0 aliphatic carbocycles. The molecule has 0 N–H and O–H groups in total. The topological polar surface area (TPSA) is 51.0 Å². The number of carbonyl (C=O) groups excluding carboxylic acids is 1. The quantitative estimate of drug-likeness (QED) is 0.816. The Labute approximate surface area is 136 Å². The van der Waals surface area contributed by atoms with E-state index in [1.807, 2.05) is 29.3 Å². The highest BCUT2D eigenvalue weighted by Gasteiger charge is 2.18. The lowest BCUT2D eigenvalue weighted by atomic mass is 10.0. The molecule has 5 nitrogen and oxygen atoms in total.